The van der Waals surface area contributed by atoms with Crippen LogP contribution in [0, 0.1) is 0 Å². The molecule has 2 aliphatic rings. The third-order valence-corrected chi connectivity index (χ3v) is 4.45. The fourth-order valence-electron chi connectivity index (χ4n) is 3.13. The summed E-state index contributed by atoms with van der Waals surface area (Å²) in [5, 5.41) is 0. The lowest BCUT2D eigenvalue weighted by molar-refractivity contribution is -0.129. The fraction of sp³-hybridized carbons (Fsp3) is 0.625. The Balaban J connectivity index is 1.67. The van der Waals surface area contributed by atoms with E-state index in [9.17, 15) is 4.79 Å². The van der Waals surface area contributed by atoms with Crippen molar-refractivity contribution in [3.8, 4) is 0 Å². The van der Waals surface area contributed by atoms with Crippen LogP contribution in [0.5, 0.6) is 0 Å². The largest absolute Gasteiger partial charge is 0.378 e. The topological polar surface area (TPSA) is 45.7 Å². The number of morpholine rings is 1. The second-order valence-electron chi connectivity index (χ2n) is 5.80. The number of hydrogen-bond donors (Lipinski definition) is 0. The summed E-state index contributed by atoms with van der Waals surface area (Å²) in [6, 6.07) is 6.31. The van der Waals surface area contributed by atoms with Gasteiger partial charge < -0.3 is 14.5 Å². The molecule has 2 saturated heterocycles. The van der Waals surface area contributed by atoms with Gasteiger partial charge in [0.1, 0.15) is 5.82 Å². The third-order valence-electron chi connectivity index (χ3n) is 4.45. The molecule has 0 spiro atoms. The summed E-state index contributed by atoms with van der Waals surface area (Å²) in [5.41, 5.74) is 1.17. The molecule has 114 valence electrons. The van der Waals surface area contributed by atoms with Gasteiger partial charge >= 0.3 is 0 Å². The fourth-order valence-corrected chi connectivity index (χ4v) is 3.13. The molecule has 0 bridgehead atoms. The van der Waals surface area contributed by atoms with Crippen molar-refractivity contribution in [2.24, 2.45) is 0 Å². The van der Waals surface area contributed by atoms with Crippen LogP contribution in [0.25, 0.3) is 0 Å². The smallest absolute Gasteiger partial charge is 0.219 e. The van der Waals surface area contributed by atoms with Crippen molar-refractivity contribution in [2.75, 3.05) is 44.3 Å². The van der Waals surface area contributed by atoms with Crippen LogP contribution in [0.1, 0.15) is 31.4 Å². The van der Waals surface area contributed by atoms with Crippen LogP contribution in [0.3, 0.4) is 0 Å². The molecule has 3 heterocycles. The molecule has 1 aromatic heterocycles. The van der Waals surface area contributed by atoms with E-state index in [0.717, 1.165) is 58.1 Å². The molecule has 2 fully saturated rings. The van der Waals surface area contributed by atoms with Crippen molar-refractivity contribution in [3.63, 3.8) is 0 Å². The van der Waals surface area contributed by atoms with E-state index in [0.29, 0.717) is 5.92 Å². The summed E-state index contributed by atoms with van der Waals surface area (Å²) in [5.74, 6) is 1.72. The van der Waals surface area contributed by atoms with Crippen LogP contribution in [-0.2, 0) is 9.53 Å². The van der Waals surface area contributed by atoms with Crippen LogP contribution in [0.4, 0.5) is 5.82 Å². The number of pyridine rings is 1. The second kappa shape index (κ2) is 6.43. The van der Waals surface area contributed by atoms with Crippen molar-refractivity contribution in [3.05, 3.63) is 23.9 Å². The predicted molar refractivity (Wildman–Crippen MR) is 81.5 cm³/mol. The number of carbonyl (C=O) groups excluding carboxylic acids is 1. The number of piperidine rings is 1. The van der Waals surface area contributed by atoms with Crippen molar-refractivity contribution in [1.82, 2.24) is 9.88 Å². The van der Waals surface area contributed by atoms with Crippen LogP contribution >= 0.6 is 0 Å². The van der Waals surface area contributed by atoms with Gasteiger partial charge in [-0.3, -0.25) is 4.79 Å². The summed E-state index contributed by atoms with van der Waals surface area (Å²) >= 11 is 0. The molecule has 0 radical (unpaired) electrons. The SMILES string of the molecule is CC(=O)N1CCC(c2cccc(N3CCOCC3)n2)CC1. The Bertz CT molecular complexity index is 492. The van der Waals surface area contributed by atoms with Crippen molar-refractivity contribution in [2.45, 2.75) is 25.7 Å². The van der Waals surface area contributed by atoms with Gasteiger partial charge in [-0.05, 0) is 25.0 Å². The number of aromatic nitrogens is 1. The number of hydrogen-bond acceptors (Lipinski definition) is 4. The van der Waals surface area contributed by atoms with Gasteiger partial charge in [-0.15, -0.1) is 0 Å². The minimum absolute atomic E-state index is 0.184. The van der Waals surface area contributed by atoms with Gasteiger partial charge in [0.05, 0.1) is 13.2 Å². The molecule has 0 N–H and O–H groups in total. The molecule has 2 aliphatic heterocycles. The number of amides is 1. The molecule has 21 heavy (non-hydrogen) atoms. The Hall–Kier alpha value is -1.62. The van der Waals surface area contributed by atoms with E-state index in [-0.39, 0.29) is 5.91 Å². The molecule has 0 aliphatic carbocycles. The van der Waals surface area contributed by atoms with Gasteiger partial charge in [0.2, 0.25) is 5.91 Å². The first-order valence-corrected chi connectivity index (χ1v) is 7.79. The minimum Gasteiger partial charge on any atom is -0.378 e. The number of ether oxygens (including phenoxy) is 1. The zero-order valence-electron chi connectivity index (χ0n) is 12.6. The van der Waals surface area contributed by atoms with Crippen molar-refractivity contribution < 1.29 is 9.53 Å². The Labute approximate surface area is 125 Å². The van der Waals surface area contributed by atoms with E-state index in [4.69, 9.17) is 9.72 Å². The van der Waals surface area contributed by atoms with E-state index in [1.54, 1.807) is 6.92 Å². The maximum absolute atomic E-state index is 11.4. The lowest BCUT2D eigenvalue weighted by Crippen LogP contribution is -2.37. The highest BCUT2D eigenvalue weighted by atomic mass is 16.5. The molecule has 1 aromatic rings. The average molecular weight is 289 g/mol. The maximum atomic E-state index is 11.4. The zero-order chi connectivity index (χ0) is 14.7. The lowest BCUT2D eigenvalue weighted by Gasteiger charge is -2.32. The summed E-state index contributed by atoms with van der Waals surface area (Å²) in [6.45, 7) is 6.74. The Kier molecular flexibility index (Phi) is 4.39. The first-order valence-electron chi connectivity index (χ1n) is 7.79. The molecule has 1 amide bonds. The lowest BCUT2D eigenvalue weighted by atomic mass is 9.93. The van der Waals surface area contributed by atoms with E-state index >= 15 is 0 Å². The van der Waals surface area contributed by atoms with Crippen molar-refractivity contribution in [1.29, 1.82) is 0 Å². The molecule has 5 nitrogen and oxygen atoms in total. The number of carbonyl (C=O) groups is 1. The highest BCUT2D eigenvalue weighted by molar-refractivity contribution is 5.73. The summed E-state index contributed by atoms with van der Waals surface area (Å²) in [6.07, 6.45) is 2.03. The molecular weight excluding hydrogens is 266 g/mol. The van der Waals surface area contributed by atoms with E-state index in [2.05, 4.69) is 23.1 Å². The highest BCUT2D eigenvalue weighted by Crippen LogP contribution is 2.28. The van der Waals surface area contributed by atoms with Crippen LogP contribution in [0.15, 0.2) is 18.2 Å². The number of anilines is 1. The Morgan fingerprint density at radius 3 is 2.57 bits per heavy atom. The van der Waals surface area contributed by atoms with Crippen molar-refractivity contribution >= 4 is 11.7 Å². The highest BCUT2D eigenvalue weighted by Gasteiger charge is 2.23. The first kappa shape index (κ1) is 14.3. The molecule has 3 rings (SSSR count). The first-order chi connectivity index (χ1) is 10.2. The predicted octanol–water partition coefficient (Wildman–Crippen LogP) is 1.64. The van der Waals surface area contributed by atoms with E-state index in [1.165, 1.54) is 5.69 Å². The Morgan fingerprint density at radius 2 is 1.90 bits per heavy atom. The maximum Gasteiger partial charge on any atom is 0.219 e. The quantitative estimate of drug-likeness (QED) is 0.830. The summed E-state index contributed by atoms with van der Waals surface area (Å²) in [7, 11) is 0. The number of nitrogens with zero attached hydrogens (tertiary/aromatic N) is 3. The van der Waals surface area contributed by atoms with Gasteiger partial charge in [-0.2, -0.15) is 0 Å². The van der Waals surface area contributed by atoms with Gasteiger partial charge in [-0.1, -0.05) is 6.07 Å². The molecular formula is C16H23N3O2. The molecule has 0 aromatic carbocycles. The van der Waals surface area contributed by atoms with Gasteiger partial charge in [-0.25, -0.2) is 4.98 Å². The molecule has 0 atom stereocenters. The second-order valence-corrected chi connectivity index (χ2v) is 5.80. The monoisotopic (exact) mass is 289 g/mol. The molecule has 0 unspecified atom stereocenters. The van der Waals surface area contributed by atoms with Crippen LogP contribution in [-0.4, -0.2) is 55.2 Å². The Morgan fingerprint density at radius 1 is 1.19 bits per heavy atom. The average Bonchev–Trinajstić information content (AvgIpc) is 2.56. The van der Waals surface area contributed by atoms with Gasteiger partial charge in [0.15, 0.2) is 0 Å². The zero-order valence-corrected chi connectivity index (χ0v) is 12.6. The number of rotatable bonds is 2. The molecule has 5 heteroatoms. The third kappa shape index (κ3) is 3.35. The van der Waals surface area contributed by atoms with Gasteiger partial charge in [0, 0.05) is 44.7 Å². The minimum atomic E-state index is 0.184. The van der Waals surface area contributed by atoms with Gasteiger partial charge in [0.25, 0.3) is 0 Å². The normalized spacial score (nSPS) is 20.6. The van der Waals surface area contributed by atoms with E-state index in [1.807, 2.05) is 4.90 Å². The molecule has 0 saturated carbocycles. The number of likely N-dealkylation sites (tertiary alicyclic amines) is 1. The summed E-state index contributed by atoms with van der Waals surface area (Å²) < 4.78 is 5.40. The standard InChI is InChI=1S/C16H23N3O2/c1-13(20)18-7-5-14(6-8-18)15-3-2-4-16(17-15)19-9-11-21-12-10-19/h2-4,14H,5-12H2,1H3. The van der Waals surface area contributed by atoms with E-state index < -0.39 is 0 Å². The van der Waals surface area contributed by atoms with Crippen LogP contribution < -0.4 is 4.90 Å². The summed E-state index contributed by atoms with van der Waals surface area (Å²) in [4.78, 5) is 20.5. The van der Waals surface area contributed by atoms with Crippen LogP contribution in [0.2, 0.25) is 0 Å².